The number of benzene rings is 1. The summed E-state index contributed by atoms with van der Waals surface area (Å²) in [5, 5.41) is 20.7. The zero-order valence-electron chi connectivity index (χ0n) is 17.2. The summed E-state index contributed by atoms with van der Waals surface area (Å²) in [6.07, 6.45) is 2.99. The summed E-state index contributed by atoms with van der Waals surface area (Å²) in [6, 6.07) is 8.24. The lowest BCUT2D eigenvalue weighted by atomic mass is 9.91. The molecule has 10 heteroatoms. The molecule has 0 aliphatic rings. The Bertz CT molecular complexity index is 1210. The van der Waals surface area contributed by atoms with Gasteiger partial charge in [0.25, 0.3) is 5.91 Å². The number of carbonyl (C=O) groups excluding carboxylic acids is 1. The van der Waals surface area contributed by atoms with Crippen molar-refractivity contribution in [2.45, 2.75) is 32.9 Å². The predicted octanol–water partition coefficient (Wildman–Crippen LogP) is 3.19. The molecule has 0 aliphatic heterocycles. The molecule has 0 saturated heterocycles. The number of nitrogens with one attached hydrogen (secondary N) is 1. The second-order valence-electron chi connectivity index (χ2n) is 7.48. The SMILES string of the molecule is CC(C)C(C)(O)c1cnc(CNC(=O)c2cccnc2Oc2ccc3nonc3c2)o1. The summed E-state index contributed by atoms with van der Waals surface area (Å²) >= 11 is 0. The lowest BCUT2D eigenvalue weighted by Crippen LogP contribution is -2.27. The third-order valence-electron chi connectivity index (χ3n) is 5.03. The molecule has 3 aromatic heterocycles. The van der Waals surface area contributed by atoms with Crippen LogP contribution in [0.15, 0.2) is 51.8 Å². The fraction of sp³-hybridized carbons (Fsp3) is 0.286. The average Bonchev–Trinajstić information content (AvgIpc) is 3.42. The van der Waals surface area contributed by atoms with E-state index in [1.807, 2.05) is 13.8 Å². The van der Waals surface area contributed by atoms with E-state index >= 15 is 0 Å². The second-order valence-corrected chi connectivity index (χ2v) is 7.48. The van der Waals surface area contributed by atoms with Gasteiger partial charge in [-0.3, -0.25) is 4.79 Å². The van der Waals surface area contributed by atoms with E-state index in [4.69, 9.17) is 9.15 Å². The van der Waals surface area contributed by atoms with Crippen LogP contribution >= 0.6 is 0 Å². The van der Waals surface area contributed by atoms with E-state index in [0.717, 1.165) is 0 Å². The zero-order valence-corrected chi connectivity index (χ0v) is 17.2. The van der Waals surface area contributed by atoms with Crippen molar-refractivity contribution in [3.8, 4) is 11.6 Å². The van der Waals surface area contributed by atoms with Crippen molar-refractivity contribution in [1.29, 1.82) is 0 Å². The van der Waals surface area contributed by atoms with Gasteiger partial charge < -0.3 is 19.6 Å². The Labute approximate surface area is 177 Å². The van der Waals surface area contributed by atoms with Gasteiger partial charge in [0.05, 0.1) is 12.7 Å². The number of aliphatic hydroxyl groups is 1. The predicted molar refractivity (Wildman–Crippen MR) is 108 cm³/mol. The molecule has 31 heavy (non-hydrogen) atoms. The van der Waals surface area contributed by atoms with E-state index in [1.54, 1.807) is 37.3 Å². The van der Waals surface area contributed by atoms with Crippen LogP contribution in [0.1, 0.15) is 42.8 Å². The Morgan fingerprint density at radius 3 is 2.84 bits per heavy atom. The number of fused-ring (bicyclic) bond motifs is 1. The van der Waals surface area contributed by atoms with Crippen molar-refractivity contribution in [3.05, 3.63) is 59.9 Å². The average molecular weight is 423 g/mol. The minimum atomic E-state index is -1.15. The highest BCUT2D eigenvalue weighted by Crippen LogP contribution is 2.29. The number of hydrogen-bond acceptors (Lipinski definition) is 9. The van der Waals surface area contributed by atoms with Crippen LogP contribution in [0.4, 0.5) is 0 Å². The van der Waals surface area contributed by atoms with Gasteiger partial charge in [0.2, 0.25) is 11.8 Å². The quantitative estimate of drug-likeness (QED) is 0.459. The molecule has 0 saturated carbocycles. The smallest absolute Gasteiger partial charge is 0.257 e. The van der Waals surface area contributed by atoms with E-state index in [0.29, 0.717) is 22.5 Å². The molecule has 3 heterocycles. The highest BCUT2D eigenvalue weighted by molar-refractivity contribution is 5.96. The van der Waals surface area contributed by atoms with Gasteiger partial charge >= 0.3 is 0 Å². The van der Waals surface area contributed by atoms with Crippen LogP contribution in [0.3, 0.4) is 0 Å². The van der Waals surface area contributed by atoms with Crippen molar-refractivity contribution in [1.82, 2.24) is 25.6 Å². The van der Waals surface area contributed by atoms with Gasteiger partial charge in [0.1, 0.15) is 27.9 Å². The first kappa shape index (κ1) is 20.5. The molecule has 2 N–H and O–H groups in total. The van der Waals surface area contributed by atoms with Gasteiger partial charge in [-0.25, -0.2) is 14.6 Å². The van der Waals surface area contributed by atoms with Crippen LogP contribution in [0.25, 0.3) is 11.0 Å². The Kier molecular flexibility index (Phi) is 5.38. The minimum Gasteiger partial charge on any atom is -0.441 e. The van der Waals surface area contributed by atoms with Gasteiger partial charge in [-0.15, -0.1) is 0 Å². The molecule has 0 fully saturated rings. The number of rotatable bonds is 7. The monoisotopic (exact) mass is 423 g/mol. The van der Waals surface area contributed by atoms with Crippen LogP contribution < -0.4 is 10.1 Å². The van der Waals surface area contributed by atoms with Crippen molar-refractivity contribution < 1.29 is 23.7 Å². The van der Waals surface area contributed by atoms with Crippen LogP contribution in [0.5, 0.6) is 11.6 Å². The van der Waals surface area contributed by atoms with E-state index in [9.17, 15) is 9.90 Å². The Morgan fingerprint density at radius 1 is 1.23 bits per heavy atom. The van der Waals surface area contributed by atoms with Crippen molar-refractivity contribution in [2.24, 2.45) is 5.92 Å². The largest absolute Gasteiger partial charge is 0.441 e. The van der Waals surface area contributed by atoms with Crippen LogP contribution in [0, 0.1) is 5.92 Å². The highest BCUT2D eigenvalue weighted by atomic mass is 16.6. The summed E-state index contributed by atoms with van der Waals surface area (Å²) in [5.74, 6) is 0.707. The number of oxazole rings is 1. The molecule has 0 bridgehead atoms. The standard InChI is InChI=1S/C21H21N5O5/c1-12(2)21(3,28)17-10-23-18(30-17)11-24-19(27)14-5-4-8-22-20(14)29-13-6-7-15-16(9-13)26-31-25-15/h4-10,12,28H,11H2,1-3H3,(H,24,27). The first-order valence-electron chi connectivity index (χ1n) is 9.65. The van der Waals surface area contributed by atoms with Gasteiger partial charge in [-0.1, -0.05) is 13.8 Å². The van der Waals surface area contributed by atoms with Gasteiger partial charge in [0.15, 0.2) is 5.76 Å². The molecule has 4 aromatic rings. The third-order valence-corrected chi connectivity index (χ3v) is 5.03. The molecule has 1 atom stereocenters. The first-order chi connectivity index (χ1) is 14.8. The summed E-state index contributed by atoms with van der Waals surface area (Å²) in [7, 11) is 0. The number of pyridine rings is 1. The van der Waals surface area contributed by atoms with Crippen LogP contribution in [0.2, 0.25) is 0 Å². The molecule has 10 nitrogen and oxygen atoms in total. The topological polar surface area (TPSA) is 136 Å². The number of amides is 1. The van der Waals surface area contributed by atoms with Crippen molar-refractivity contribution in [3.63, 3.8) is 0 Å². The van der Waals surface area contributed by atoms with Crippen molar-refractivity contribution in [2.75, 3.05) is 0 Å². The summed E-state index contributed by atoms with van der Waals surface area (Å²) < 4.78 is 16.1. The maximum Gasteiger partial charge on any atom is 0.257 e. The van der Waals surface area contributed by atoms with E-state index in [1.165, 1.54) is 12.4 Å². The summed E-state index contributed by atoms with van der Waals surface area (Å²) in [5.41, 5.74) is 0.200. The van der Waals surface area contributed by atoms with E-state index in [-0.39, 0.29) is 29.8 Å². The fourth-order valence-electron chi connectivity index (χ4n) is 2.74. The lowest BCUT2D eigenvalue weighted by molar-refractivity contribution is -0.0120. The maximum absolute atomic E-state index is 12.7. The Hall–Kier alpha value is -3.79. The van der Waals surface area contributed by atoms with Gasteiger partial charge in [-0.2, -0.15) is 0 Å². The van der Waals surface area contributed by atoms with Crippen LogP contribution in [-0.2, 0) is 12.1 Å². The lowest BCUT2D eigenvalue weighted by Gasteiger charge is -2.24. The highest BCUT2D eigenvalue weighted by Gasteiger charge is 2.31. The molecule has 1 unspecified atom stereocenters. The molecule has 0 spiro atoms. The minimum absolute atomic E-state index is 0.0396. The second kappa shape index (κ2) is 8.15. The normalized spacial score (nSPS) is 13.3. The van der Waals surface area contributed by atoms with E-state index in [2.05, 4.69) is 30.2 Å². The number of ether oxygens (including phenoxy) is 1. The van der Waals surface area contributed by atoms with Crippen molar-refractivity contribution >= 4 is 16.9 Å². The fourth-order valence-corrected chi connectivity index (χ4v) is 2.74. The van der Waals surface area contributed by atoms with Gasteiger partial charge in [0, 0.05) is 12.3 Å². The molecule has 1 aromatic carbocycles. The molecular formula is C21H21N5O5. The first-order valence-corrected chi connectivity index (χ1v) is 9.65. The van der Waals surface area contributed by atoms with Crippen LogP contribution in [-0.4, -0.2) is 31.3 Å². The number of hydrogen-bond donors (Lipinski definition) is 2. The number of carbonyl (C=O) groups is 1. The maximum atomic E-state index is 12.7. The number of nitrogens with zero attached hydrogens (tertiary/aromatic N) is 4. The molecule has 160 valence electrons. The van der Waals surface area contributed by atoms with Gasteiger partial charge in [-0.05, 0) is 47.4 Å². The summed E-state index contributed by atoms with van der Waals surface area (Å²) in [4.78, 5) is 21.0. The Morgan fingerprint density at radius 2 is 2.03 bits per heavy atom. The third kappa shape index (κ3) is 4.24. The summed E-state index contributed by atoms with van der Waals surface area (Å²) in [6.45, 7) is 5.46. The molecule has 1 amide bonds. The molecule has 0 radical (unpaired) electrons. The molecule has 0 aliphatic carbocycles. The Balaban J connectivity index is 1.46. The molecule has 4 rings (SSSR count). The van der Waals surface area contributed by atoms with E-state index < -0.39 is 11.5 Å². The molecular weight excluding hydrogens is 402 g/mol. The zero-order chi connectivity index (χ0) is 22.0. The number of aromatic nitrogens is 4.